The van der Waals surface area contributed by atoms with E-state index in [1.54, 1.807) is 47.4 Å². The molecule has 1 N–H and O–H groups in total. The third-order valence-electron chi connectivity index (χ3n) is 6.38. The van der Waals surface area contributed by atoms with Gasteiger partial charge < -0.3 is 15.0 Å². The molecule has 0 bridgehead atoms. The number of hydrogen-bond acceptors (Lipinski definition) is 5. The molecule has 0 saturated carbocycles. The van der Waals surface area contributed by atoms with Gasteiger partial charge in [-0.25, -0.2) is 8.42 Å². The minimum atomic E-state index is -3.60. The van der Waals surface area contributed by atoms with Crippen molar-refractivity contribution in [3.05, 3.63) is 95.0 Å². The SMILES string of the molecule is CCNC(=O)[C@H](Cc1ccccc1)N(Cc1cccc(Cl)c1)C(=O)CCCN(c1ccc(OC)cc1)S(C)(=O)=O. The Morgan fingerprint density at radius 1 is 0.975 bits per heavy atom. The molecule has 10 heteroatoms. The summed E-state index contributed by atoms with van der Waals surface area (Å²) in [4.78, 5) is 28.6. The number of carbonyl (C=O) groups is 2. The summed E-state index contributed by atoms with van der Waals surface area (Å²) in [5, 5.41) is 3.40. The summed E-state index contributed by atoms with van der Waals surface area (Å²) < 4.78 is 31.6. The number of nitrogens with one attached hydrogen (secondary N) is 1. The highest BCUT2D eigenvalue weighted by Crippen LogP contribution is 2.23. The normalized spacial score (nSPS) is 11.9. The standard InChI is InChI=1S/C30H36ClN3O5S/c1-4-32-30(36)28(21-23-10-6-5-7-11-23)33(22-24-12-8-13-25(31)20-24)29(35)14-9-19-34(40(3,37)38)26-15-17-27(39-2)18-16-26/h5-8,10-13,15-18,20,28H,4,9,14,19,21-22H2,1-3H3,(H,32,36)/t28-/m0/s1. The Kier molecular flexibility index (Phi) is 11.4. The molecular formula is C30H36ClN3O5S. The lowest BCUT2D eigenvalue weighted by Crippen LogP contribution is -2.50. The zero-order valence-electron chi connectivity index (χ0n) is 23.0. The molecule has 0 aromatic heterocycles. The van der Waals surface area contributed by atoms with Crippen molar-refractivity contribution in [3.8, 4) is 5.75 Å². The summed E-state index contributed by atoms with van der Waals surface area (Å²) >= 11 is 6.21. The second-order valence-corrected chi connectivity index (χ2v) is 11.7. The van der Waals surface area contributed by atoms with Gasteiger partial charge in [-0.15, -0.1) is 0 Å². The monoisotopic (exact) mass is 585 g/mol. The van der Waals surface area contributed by atoms with Crippen molar-refractivity contribution >= 4 is 39.1 Å². The molecule has 2 amide bonds. The van der Waals surface area contributed by atoms with Crippen LogP contribution < -0.4 is 14.4 Å². The summed E-state index contributed by atoms with van der Waals surface area (Å²) in [5.74, 6) is 0.104. The van der Waals surface area contributed by atoms with Crippen LogP contribution in [0.25, 0.3) is 0 Å². The average Bonchev–Trinajstić information content (AvgIpc) is 2.93. The number of nitrogens with zero attached hydrogens (tertiary/aromatic N) is 2. The predicted molar refractivity (Wildman–Crippen MR) is 159 cm³/mol. The fourth-order valence-corrected chi connectivity index (χ4v) is 5.61. The van der Waals surface area contributed by atoms with E-state index in [1.165, 1.54) is 11.4 Å². The van der Waals surface area contributed by atoms with Gasteiger partial charge in [0.05, 0.1) is 19.1 Å². The van der Waals surface area contributed by atoms with E-state index in [-0.39, 0.29) is 37.7 Å². The van der Waals surface area contributed by atoms with Crippen LogP contribution in [0.1, 0.15) is 30.9 Å². The van der Waals surface area contributed by atoms with Gasteiger partial charge in [-0.1, -0.05) is 54.1 Å². The highest BCUT2D eigenvalue weighted by Gasteiger charge is 2.30. The van der Waals surface area contributed by atoms with Gasteiger partial charge in [0.15, 0.2) is 0 Å². The van der Waals surface area contributed by atoms with Gasteiger partial charge >= 0.3 is 0 Å². The summed E-state index contributed by atoms with van der Waals surface area (Å²) in [6.07, 6.45) is 1.78. The smallest absolute Gasteiger partial charge is 0.243 e. The molecule has 8 nitrogen and oxygen atoms in total. The number of ether oxygens (including phenoxy) is 1. The second-order valence-electron chi connectivity index (χ2n) is 9.39. The van der Waals surface area contributed by atoms with E-state index in [0.29, 0.717) is 29.4 Å². The summed E-state index contributed by atoms with van der Waals surface area (Å²) in [6, 6.07) is 22.7. The van der Waals surface area contributed by atoms with Crippen LogP contribution in [0.5, 0.6) is 5.75 Å². The third kappa shape index (κ3) is 8.99. The van der Waals surface area contributed by atoms with Crippen LogP contribution >= 0.6 is 11.6 Å². The zero-order chi connectivity index (χ0) is 29.1. The maximum atomic E-state index is 13.8. The van der Waals surface area contributed by atoms with Crippen molar-refractivity contribution in [2.45, 2.75) is 38.8 Å². The van der Waals surface area contributed by atoms with Crippen molar-refractivity contribution in [3.63, 3.8) is 0 Å². The molecule has 0 spiro atoms. The van der Waals surface area contributed by atoms with E-state index in [0.717, 1.165) is 17.4 Å². The van der Waals surface area contributed by atoms with E-state index >= 15 is 0 Å². The van der Waals surface area contributed by atoms with Gasteiger partial charge in [0, 0.05) is 37.5 Å². The maximum Gasteiger partial charge on any atom is 0.243 e. The molecule has 0 radical (unpaired) electrons. The first-order valence-electron chi connectivity index (χ1n) is 13.1. The summed E-state index contributed by atoms with van der Waals surface area (Å²) in [7, 11) is -2.06. The Bertz CT molecular complexity index is 1370. The Morgan fingerprint density at radius 3 is 2.25 bits per heavy atom. The van der Waals surface area contributed by atoms with Gasteiger partial charge in [0.2, 0.25) is 21.8 Å². The number of carbonyl (C=O) groups excluding carboxylic acids is 2. The lowest BCUT2D eigenvalue weighted by atomic mass is 10.0. The molecule has 0 aliphatic heterocycles. The summed E-state index contributed by atoms with van der Waals surface area (Å²) in [5.41, 5.74) is 2.19. The Balaban J connectivity index is 1.85. The number of likely N-dealkylation sites (N-methyl/N-ethyl adjacent to an activating group) is 1. The van der Waals surface area contributed by atoms with E-state index in [1.807, 2.05) is 43.3 Å². The van der Waals surface area contributed by atoms with Crippen LogP contribution in [0.4, 0.5) is 5.69 Å². The van der Waals surface area contributed by atoms with Crippen molar-refractivity contribution < 1.29 is 22.7 Å². The first-order chi connectivity index (χ1) is 19.1. The predicted octanol–water partition coefficient (Wildman–Crippen LogP) is 4.67. The minimum absolute atomic E-state index is 0.0490. The van der Waals surface area contributed by atoms with Crippen molar-refractivity contribution in [2.24, 2.45) is 0 Å². The summed E-state index contributed by atoms with van der Waals surface area (Å²) in [6.45, 7) is 2.54. The highest BCUT2D eigenvalue weighted by molar-refractivity contribution is 7.92. The van der Waals surface area contributed by atoms with Crippen LogP contribution in [-0.2, 0) is 32.6 Å². The first-order valence-corrected chi connectivity index (χ1v) is 15.3. The molecule has 0 fully saturated rings. The Morgan fingerprint density at radius 2 is 1.65 bits per heavy atom. The van der Waals surface area contributed by atoms with E-state index in [4.69, 9.17) is 16.3 Å². The molecule has 40 heavy (non-hydrogen) atoms. The van der Waals surface area contributed by atoms with Gasteiger partial charge in [0.1, 0.15) is 11.8 Å². The number of methoxy groups -OCH3 is 1. The van der Waals surface area contributed by atoms with E-state index in [2.05, 4.69) is 5.32 Å². The quantitative estimate of drug-likeness (QED) is 0.297. The molecular weight excluding hydrogens is 550 g/mol. The molecule has 0 aliphatic rings. The number of anilines is 1. The molecule has 3 aromatic rings. The average molecular weight is 586 g/mol. The number of sulfonamides is 1. The fraction of sp³-hybridized carbons (Fsp3) is 0.333. The second kappa shape index (κ2) is 14.7. The van der Waals surface area contributed by atoms with Gasteiger partial charge in [0.25, 0.3) is 0 Å². The van der Waals surface area contributed by atoms with Crippen molar-refractivity contribution in [1.29, 1.82) is 0 Å². The minimum Gasteiger partial charge on any atom is -0.497 e. The highest BCUT2D eigenvalue weighted by atomic mass is 35.5. The number of hydrogen-bond donors (Lipinski definition) is 1. The Hall–Kier alpha value is -3.56. The first kappa shape index (κ1) is 31.0. The van der Waals surface area contributed by atoms with Crippen LogP contribution in [0.15, 0.2) is 78.9 Å². The van der Waals surface area contributed by atoms with Crippen LogP contribution in [0.3, 0.4) is 0 Å². The molecule has 0 saturated heterocycles. The topological polar surface area (TPSA) is 96.0 Å². The van der Waals surface area contributed by atoms with Gasteiger partial charge in [-0.05, 0) is 60.9 Å². The van der Waals surface area contributed by atoms with E-state index in [9.17, 15) is 18.0 Å². The van der Waals surface area contributed by atoms with E-state index < -0.39 is 16.1 Å². The molecule has 3 aromatic carbocycles. The molecule has 3 rings (SSSR count). The largest absolute Gasteiger partial charge is 0.497 e. The van der Waals surface area contributed by atoms with Crippen molar-refractivity contribution in [1.82, 2.24) is 10.2 Å². The van der Waals surface area contributed by atoms with Crippen molar-refractivity contribution in [2.75, 3.05) is 30.8 Å². The molecule has 1 atom stereocenters. The fourth-order valence-electron chi connectivity index (χ4n) is 4.43. The number of amides is 2. The molecule has 214 valence electrons. The molecule has 0 aliphatic carbocycles. The van der Waals surface area contributed by atoms with Gasteiger partial charge in [-0.3, -0.25) is 13.9 Å². The van der Waals surface area contributed by atoms with Crippen LogP contribution in [0, 0.1) is 0 Å². The Labute approximate surface area is 241 Å². The number of rotatable bonds is 14. The van der Waals surface area contributed by atoms with Crippen LogP contribution in [0.2, 0.25) is 5.02 Å². The van der Waals surface area contributed by atoms with Gasteiger partial charge in [-0.2, -0.15) is 0 Å². The van der Waals surface area contributed by atoms with Crippen LogP contribution in [-0.4, -0.2) is 57.6 Å². The third-order valence-corrected chi connectivity index (χ3v) is 7.81. The zero-order valence-corrected chi connectivity index (χ0v) is 24.6. The lowest BCUT2D eigenvalue weighted by molar-refractivity contribution is -0.141. The maximum absolute atomic E-state index is 13.8. The number of halogens is 1. The molecule has 0 heterocycles. The lowest BCUT2D eigenvalue weighted by Gasteiger charge is -2.32. The molecule has 0 unspecified atom stereocenters. The number of benzene rings is 3.